The van der Waals surface area contributed by atoms with Gasteiger partial charge in [-0.2, -0.15) is 5.10 Å². The van der Waals surface area contributed by atoms with Crippen molar-refractivity contribution in [3.63, 3.8) is 0 Å². The van der Waals surface area contributed by atoms with E-state index in [0.717, 1.165) is 43.6 Å². The molecule has 0 aromatic carbocycles. The predicted molar refractivity (Wildman–Crippen MR) is 91.4 cm³/mol. The molecule has 1 aliphatic heterocycles. The largest absolute Gasteiger partial charge is 0.390 e. The first kappa shape index (κ1) is 16.6. The van der Waals surface area contributed by atoms with E-state index in [9.17, 15) is 9.90 Å². The zero-order valence-electron chi connectivity index (χ0n) is 14.2. The highest BCUT2D eigenvalue weighted by Crippen LogP contribution is 2.27. The lowest BCUT2D eigenvalue weighted by atomic mass is 9.86. The highest BCUT2D eigenvalue weighted by atomic mass is 16.3. The lowest BCUT2D eigenvalue weighted by molar-refractivity contribution is 0.0357. The second kappa shape index (κ2) is 6.73. The Kier molecular flexibility index (Phi) is 4.66. The number of nitrogens with one attached hydrogen (secondary N) is 1. The third-order valence-electron chi connectivity index (χ3n) is 4.47. The topological polar surface area (TPSA) is 82.1 Å². The van der Waals surface area contributed by atoms with Crippen LogP contribution in [-0.2, 0) is 0 Å². The number of nitrogens with zero attached hydrogens (tertiary/aromatic N) is 3. The minimum absolute atomic E-state index is 0.00971. The van der Waals surface area contributed by atoms with Crippen molar-refractivity contribution in [2.24, 2.45) is 5.92 Å². The molecule has 0 saturated carbocycles. The summed E-state index contributed by atoms with van der Waals surface area (Å²) in [6, 6.07) is 5.53. The van der Waals surface area contributed by atoms with Gasteiger partial charge in [-0.15, -0.1) is 0 Å². The fraction of sp³-hybridized carbons (Fsp3) is 0.500. The number of aromatic nitrogens is 3. The van der Waals surface area contributed by atoms with E-state index in [4.69, 9.17) is 0 Å². The average Bonchev–Trinajstić information content (AvgIpc) is 3.04. The molecular weight excluding hydrogens is 304 g/mol. The lowest BCUT2D eigenvalue weighted by Gasteiger charge is -2.34. The molecule has 1 amide bonds. The number of likely N-dealkylation sites (tertiary alicyclic amines) is 1. The molecule has 1 aliphatic rings. The second-order valence-electron chi connectivity index (χ2n) is 7.15. The Morgan fingerprint density at radius 2 is 2.00 bits per heavy atom. The third kappa shape index (κ3) is 4.00. The molecule has 3 heterocycles. The minimum atomic E-state index is -0.639. The Morgan fingerprint density at radius 1 is 1.33 bits per heavy atom. The number of hydrogen-bond donors (Lipinski definition) is 2. The van der Waals surface area contributed by atoms with Crippen LogP contribution in [0.15, 0.2) is 30.6 Å². The summed E-state index contributed by atoms with van der Waals surface area (Å²) in [5, 5.41) is 17.0. The number of H-pyrrole nitrogens is 1. The summed E-state index contributed by atoms with van der Waals surface area (Å²) in [7, 11) is 0. The van der Waals surface area contributed by atoms with Gasteiger partial charge in [-0.3, -0.25) is 14.9 Å². The number of carbonyl (C=O) groups excluding carboxylic acids is 1. The van der Waals surface area contributed by atoms with Gasteiger partial charge < -0.3 is 10.0 Å². The molecule has 24 heavy (non-hydrogen) atoms. The summed E-state index contributed by atoms with van der Waals surface area (Å²) in [5.41, 5.74) is 1.56. The Bertz CT molecular complexity index is 683. The van der Waals surface area contributed by atoms with E-state index in [1.54, 1.807) is 18.5 Å². The van der Waals surface area contributed by atoms with E-state index in [1.807, 2.05) is 30.9 Å². The van der Waals surface area contributed by atoms with E-state index in [0.29, 0.717) is 11.6 Å². The zero-order valence-corrected chi connectivity index (χ0v) is 14.2. The second-order valence-corrected chi connectivity index (χ2v) is 7.15. The van der Waals surface area contributed by atoms with Crippen LogP contribution in [0.5, 0.6) is 0 Å². The van der Waals surface area contributed by atoms with E-state index >= 15 is 0 Å². The molecule has 1 saturated heterocycles. The molecule has 2 N–H and O–H groups in total. The van der Waals surface area contributed by atoms with Crippen LogP contribution in [0.1, 0.15) is 43.6 Å². The van der Waals surface area contributed by atoms with Crippen LogP contribution in [0.25, 0.3) is 11.3 Å². The number of rotatable bonds is 4. The molecule has 6 heteroatoms. The molecule has 128 valence electrons. The molecule has 3 rings (SSSR count). The fourth-order valence-corrected chi connectivity index (χ4v) is 3.32. The first-order chi connectivity index (χ1) is 11.4. The van der Waals surface area contributed by atoms with Crippen LogP contribution in [0, 0.1) is 5.92 Å². The molecule has 0 bridgehead atoms. The molecule has 2 aromatic rings. The number of amides is 1. The number of aliphatic hydroxyl groups is 1. The van der Waals surface area contributed by atoms with Gasteiger partial charge in [-0.25, -0.2) is 0 Å². The number of pyridine rings is 1. The van der Waals surface area contributed by atoms with Crippen molar-refractivity contribution in [2.75, 3.05) is 13.1 Å². The number of carbonyl (C=O) groups is 1. The van der Waals surface area contributed by atoms with Gasteiger partial charge in [0, 0.05) is 31.0 Å². The van der Waals surface area contributed by atoms with Crippen molar-refractivity contribution in [2.45, 2.75) is 38.7 Å². The lowest BCUT2D eigenvalue weighted by Crippen LogP contribution is -2.40. The molecule has 2 aromatic heterocycles. The molecule has 6 nitrogen and oxygen atoms in total. The van der Waals surface area contributed by atoms with Crippen LogP contribution >= 0.6 is 0 Å². The normalized spacial score (nSPS) is 16.4. The summed E-state index contributed by atoms with van der Waals surface area (Å²) >= 11 is 0. The Balaban J connectivity index is 1.61. The summed E-state index contributed by atoms with van der Waals surface area (Å²) in [4.78, 5) is 18.5. The van der Waals surface area contributed by atoms with Crippen molar-refractivity contribution in [1.82, 2.24) is 20.1 Å². The maximum atomic E-state index is 12.6. The summed E-state index contributed by atoms with van der Waals surface area (Å²) in [6.45, 7) is 5.14. The first-order valence-corrected chi connectivity index (χ1v) is 8.40. The maximum absolute atomic E-state index is 12.6. The molecule has 0 spiro atoms. The van der Waals surface area contributed by atoms with Gasteiger partial charge in [-0.05, 0) is 57.2 Å². The van der Waals surface area contributed by atoms with Gasteiger partial charge in [0.1, 0.15) is 5.69 Å². The van der Waals surface area contributed by atoms with Crippen molar-refractivity contribution in [1.29, 1.82) is 0 Å². The molecule has 1 fully saturated rings. The van der Waals surface area contributed by atoms with Crippen molar-refractivity contribution in [3.8, 4) is 11.3 Å². The monoisotopic (exact) mass is 328 g/mol. The Hall–Kier alpha value is -2.21. The first-order valence-electron chi connectivity index (χ1n) is 8.40. The maximum Gasteiger partial charge on any atom is 0.271 e. The van der Waals surface area contributed by atoms with E-state index in [2.05, 4.69) is 15.2 Å². The highest BCUT2D eigenvalue weighted by molar-refractivity contribution is 5.93. The van der Waals surface area contributed by atoms with Crippen LogP contribution < -0.4 is 0 Å². The van der Waals surface area contributed by atoms with E-state index in [1.165, 1.54) is 0 Å². The summed E-state index contributed by atoms with van der Waals surface area (Å²) in [6.07, 6.45) is 6.06. The van der Waals surface area contributed by atoms with E-state index in [-0.39, 0.29) is 5.91 Å². The molecule has 0 radical (unpaired) electrons. The highest BCUT2D eigenvalue weighted by Gasteiger charge is 2.28. The van der Waals surface area contributed by atoms with E-state index < -0.39 is 5.60 Å². The summed E-state index contributed by atoms with van der Waals surface area (Å²) < 4.78 is 0. The standard InChI is InChI=1S/C18H24N4O2/c1-18(2,24)12-13-5-9-22(10-6-13)17(23)16-11-15(20-21-16)14-3-7-19-8-4-14/h3-4,7-8,11,13,24H,5-6,9-10,12H2,1-2H3,(H,20,21). The van der Waals surface area contributed by atoms with Gasteiger partial charge in [0.15, 0.2) is 0 Å². The van der Waals surface area contributed by atoms with Gasteiger partial charge >= 0.3 is 0 Å². The van der Waals surface area contributed by atoms with Crippen LogP contribution in [0.2, 0.25) is 0 Å². The molecule has 0 unspecified atom stereocenters. The van der Waals surface area contributed by atoms with Gasteiger partial charge in [-0.1, -0.05) is 0 Å². The smallest absolute Gasteiger partial charge is 0.271 e. The fourth-order valence-electron chi connectivity index (χ4n) is 3.32. The molecule has 0 aliphatic carbocycles. The van der Waals surface area contributed by atoms with Gasteiger partial charge in [0.25, 0.3) is 5.91 Å². The number of hydrogen-bond acceptors (Lipinski definition) is 4. The van der Waals surface area contributed by atoms with Crippen LogP contribution in [0.4, 0.5) is 0 Å². The SMILES string of the molecule is CC(C)(O)CC1CCN(C(=O)c2cc(-c3ccncc3)n[nH]2)CC1. The Labute approximate surface area is 141 Å². The Morgan fingerprint density at radius 3 is 2.62 bits per heavy atom. The molecular formula is C18H24N4O2. The van der Waals surface area contributed by atoms with Crippen molar-refractivity contribution in [3.05, 3.63) is 36.3 Å². The molecule has 0 atom stereocenters. The van der Waals surface area contributed by atoms with Crippen LogP contribution in [-0.4, -0.2) is 49.8 Å². The number of piperidine rings is 1. The predicted octanol–water partition coefficient (Wildman–Crippen LogP) is 2.48. The minimum Gasteiger partial charge on any atom is -0.390 e. The summed E-state index contributed by atoms with van der Waals surface area (Å²) in [5.74, 6) is 0.465. The quantitative estimate of drug-likeness (QED) is 0.903. The zero-order chi connectivity index (χ0) is 17.2. The van der Waals surface area contributed by atoms with Crippen LogP contribution in [0.3, 0.4) is 0 Å². The third-order valence-corrected chi connectivity index (χ3v) is 4.47. The van der Waals surface area contributed by atoms with Crippen molar-refractivity contribution >= 4 is 5.91 Å². The van der Waals surface area contributed by atoms with Gasteiger partial charge in [0.05, 0.1) is 11.3 Å². The number of aromatic amines is 1. The van der Waals surface area contributed by atoms with Crippen molar-refractivity contribution < 1.29 is 9.90 Å². The van der Waals surface area contributed by atoms with Gasteiger partial charge in [0.2, 0.25) is 0 Å². The average molecular weight is 328 g/mol.